The molecule has 152 valence electrons. The average Bonchev–Trinajstić information content (AvgIpc) is 3.03. The summed E-state index contributed by atoms with van der Waals surface area (Å²) >= 11 is 0. The topological polar surface area (TPSA) is 121 Å². The molecule has 0 aliphatic carbocycles. The lowest BCUT2D eigenvalue weighted by atomic mass is 10.2. The lowest BCUT2D eigenvalue weighted by molar-refractivity contribution is -0.384. The third-order valence-electron chi connectivity index (χ3n) is 4.12. The molecule has 0 aliphatic rings. The molecule has 0 aliphatic heterocycles. The number of nitrogens with zero attached hydrogens (tertiary/aromatic N) is 2. The maximum Gasteiger partial charge on any atom is 0.270 e. The molecule has 1 aromatic heterocycles. The lowest BCUT2D eigenvalue weighted by Gasteiger charge is -2.10. The number of sulfone groups is 1. The highest BCUT2D eigenvalue weighted by atomic mass is 32.2. The molecule has 0 bridgehead atoms. The second-order valence-electron chi connectivity index (χ2n) is 6.50. The molecule has 0 atom stereocenters. The highest BCUT2D eigenvalue weighted by molar-refractivity contribution is 7.90. The fourth-order valence-electron chi connectivity index (χ4n) is 2.77. The maximum absolute atomic E-state index is 12.4. The van der Waals surface area contributed by atoms with Gasteiger partial charge in [0.15, 0.2) is 9.84 Å². The first kappa shape index (κ1) is 20.3. The van der Waals surface area contributed by atoms with Gasteiger partial charge in [-0.15, -0.1) is 0 Å². The van der Waals surface area contributed by atoms with E-state index in [1.54, 1.807) is 47.2 Å². The van der Waals surface area contributed by atoms with E-state index in [1.807, 2.05) is 0 Å². The largest absolute Gasteiger partial charge is 0.492 e. The number of anilines is 1. The van der Waals surface area contributed by atoms with Gasteiger partial charge in [-0.1, -0.05) is 6.07 Å². The van der Waals surface area contributed by atoms with Gasteiger partial charge >= 0.3 is 0 Å². The number of nitro benzene ring substituents is 1. The Morgan fingerprint density at radius 3 is 2.72 bits per heavy atom. The van der Waals surface area contributed by atoms with Crippen LogP contribution in [0.2, 0.25) is 0 Å². The van der Waals surface area contributed by atoms with Crippen LogP contribution < -0.4 is 10.1 Å². The number of carbonyl (C=O) groups is 1. The van der Waals surface area contributed by atoms with Crippen molar-refractivity contribution in [2.45, 2.75) is 6.54 Å². The highest BCUT2D eigenvalue weighted by Crippen LogP contribution is 2.22. The van der Waals surface area contributed by atoms with E-state index in [0.29, 0.717) is 22.3 Å². The number of carbonyl (C=O) groups excluding carboxylic acids is 1. The summed E-state index contributed by atoms with van der Waals surface area (Å²) in [7, 11) is -3.11. The van der Waals surface area contributed by atoms with E-state index < -0.39 is 14.8 Å². The van der Waals surface area contributed by atoms with Crippen molar-refractivity contribution in [1.82, 2.24) is 4.57 Å². The van der Waals surface area contributed by atoms with Crippen LogP contribution in [0.15, 0.2) is 54.7 Å². The van der Waals surface area contributed by atoms with Gasteiger partial charge in [0.05, 0.1) is 10.7 Å². The van der Waals surface area contributed by atoms with Crippen molar-refractivity contribution in [2.24, 2.45) is 0 Å². The van der Waals surface area contributed by atoms with E-state index in [4.69, 9.17) is 4.74 Å². The SMILES string of the molecule is CS(=O)(=O)CCOc1cccc(NC(=O)Cn2ccc3cc([N+](=O)[O-])ccc32)c1. The molecular weight excluding hydrogens is 398 g/mol. The Balaban J connectivity index is 1.64. The summed E-state index contributed by atoms with van der Waals surface area (Å²) in [5, 5.41) is 14.3. The number of benzene rings is 2. The number of amides is 1. The fourth-order valence-corrected chi connectivity index (χ4v) is 3.15. The molecule has 0 radical (unpaired) electrons. The molecule has 1 amide bonds. The Morgan fingerprint density at radius 1 is 1.21 bits per heavy atom. The monoisotopic (exact) mass is 417 g/mol. The molecule has 0 spiro atoms. The predicted molar refractivity (Wildman–Crippen MR) is 109 cm³/mol. The fraction of sp³-hybridized carbons (Fsp3) is 0.211. The summed E-state index contributed by atoms with van der Waals surface area (Å²) in [6.07, 6.45) is 2.83. The minimum atomic E-state index is -3.11. The van der Waals surface area contributed by atoms with Crippen molar-refractivity contribution in [3.63, 3.8) is 0 Å². The number of rotatable bonds is 8. The standard InChI is InChI=1S/C19H19N3O6S/c1-29(26,27)10-9-28-17-4-2-3-15(12-17)20-19(23)13-21-8-7-14-11-16(22(24)25)5-6-18(14)21/h2-8,11-12H,9-10,13H2,1H3,(H,20,23). The van der Waals surface area contributed by atoms with Crippen LogP contribution in [0.3, 0.4) is 0 Å². The first-order chi connectivity index (χ1) is 13.7. The molecule has 3 aromatic rings. The number of nitro groups is 1. The third kappa shape index (κ3) is 5.55. The zero-order valence-corrected chi connectivity index (χ0v) is 16.4. The van der Waals surface area contributed by atoms with Gasteiger partial charge in [-0.3, -0.25) is 14.9 Å². The number of non-ortho nitro benzene ring substituents is 1. The number of fused-ring (bicyclic) bond motifs is 1. The number of aromatic nitrogens is 1. The number of ether oxygens (including phenoxy) is 1. The average molecular weight is 417 g/mol. The van der Waals surface area contributed by atoms with E-state index in [2.05, 4.69) is 5.32 Å². The Hall–Kier alpha value is -3.40. The highest BCUT2D eigenvalue weighted by Gasteiger charge is 2.11. The van der Waals surface area contributed by atoms with Crippen molar-refractivity contribution in [3.05, 3.63) is 64.8 Å². The van der Waals surface area contributed by atoms with Gasteiger partial charge in [0.1, 0.15) is 18.9 Å². The van der Waals surface area contributed by atoms with Gasteiger partial charge in [0.25, 0.3) is 5.69 Å². The summed E-state index contributed by atoms with van der Waals surface area (Å²) in [6.45, 7) is 0.0538. The molecule has 9 nitrogen and oxygen atoms in total. The molecule has 1 N–H and O–H groups in total. The predicted octanol–water partition coefficient (Wildman–Crippen LogP) is 2.61. The molecule has 0 saturated carbocycles. The third-order valence-corrected chi connectivity index (χ3v) is 5.03. The maximum atomic E-state index is 12.4. The molecule has 29 heavy (non-hydrogen) atoms. The van der Waals surface area contributed by atoms with Gasteiger partial charge in [0, 0.05) is 47.2 Å². The molecule has 2 aromatic carbocycles. The molecule has 10 heteroatoms. The second-order valence-corrected chi connectivity index (χ2v) is 8.76. The van der Waals surface area contributed by atoms with Gasteiger partial charge in [-0.2, -0.15) is 0 Å². The van der Waals surface area contributed by atoms with Crippen LogP contribution in [-0.4, -0.2) is 42.4 Å². The summed E-state index contributed by atoms with van der Waals surface area (Å²) in [6, 6.07) is 12.8. The van der Waals surface area contributed by atoms with Crippen molar-refractivity contribution in [3.8, 4) is 5.75 Å². The summed E-state index contributed by atoms with van der Waals surface area (Å²) in [5.74, 6) is 0.0712. The van der Waals surface area contributed by atoms with E-state index in [9.17, 15) is 23.3 Å². The zero-order chi connectivity index (χ0) is 21.0. The summed E-state index contributed by atoms with van der Waals surface area (Å²) in [4.78, 5) is 22.8. The van der Waals surface area contributed by atoms with E-state index in [0.717, 1.165) is 6.26 Å². The van der Waals surface area contributed by atoms with Crippen LogP contribution in [0.1, 0.15) is 0 Å². The van der Waals surface area contributed by atoms with Crippen LogP contribution in [0.25, 0.3) is 10.9 Å². The van der Waals surface area contributed by atoms with Crippen molar-refractivity contribution < 1.29 is 22.9 Å². The van der Waals surface area contributed by atoms with Crippen molar-refractivity contribution >= 4 is 38.0 Å². The van der Waals surface area contributed by atoms with Gasteiger partial charge < -0.3 is 14.6 Å². The van der Waals surface area contributed by atoms with E-state index >= 15 is 0 Å². The summed E-state index contributed by atoms with van der Waals surface area (Å²) in [5.41, 5.74) is 1.22. The Bertz CT molecular complexity index is 1170. The Kier molecular flexibility index (Phi) is 5.83. The molecular formula is C19H19N3O6S. The van der Waals surface area contributed by atoms with Gasteiger partial charge in [-0.25, -0.2) is 8.42 Å². The van der Waals surface area contributed by atoms with Crippen LogP contribution in [0, 0.1) is 10.1 Å². The van der Waals surface area contributed by atoms with Crippen molar-refractivity contribution in [2.75, 3.05) is 23.9 Å². The molecule has 0 saturated heterocycles. The zero-order valence-electron chi connectivity index (χ0n) is 15.6. The minimum Gasteiger partial charge on any atom is -0.492 e. The first-order valence-electron chi connectivity index (χ1n) is 8.65. The number of hydrogen-bond donors (Lipinski definition) is 1. The van der Waals surface area contributed by atoms with Crippen LogP contribution in [-0.2, 0) is 21.2 Å². The quantitative estimate of drug-likeness (QED) is 0.444. The van der Waals surface area contributed by atoms with Crippen LogP contribution >= 0.6 is 0 Å². The van der Waals surface area contributed by atoms with E-state index in [-0.39, 0.29) is 30.5 Å². The molecule has 0 unspecified atom stereocenters. The molecule has 0 fully saturated rings. The second kappa shape index (κ2) is 8.31. The van der Waals surface area contributed by atoms with Gasteiger partial charge in [0.2, 0.25) is 5.91 Å². The smallest absolute Gasteiger partial charge is 0.270 e. The molecule has 1 heterocycles. The Labute approximate surface area is 167 Å². The van der Waals surface area contributed by atoms with Crippen LogP contribution in [0.4, 0.5) is 11.4 Å². The first-order valence-corrected chi connectivity index (χ1v) is 10.7. The van der Waals surface area contributed by atoms with Crippen LogP contribution in [0.5, 0.6) is 5.75 Å². The minimum absolute atomic E-state index is 0.00705. The molecule has 3 rings (SSSR count). The number of hydrogen-bond acceptors (Lipinski definition) is 6. The van der Waals surface area contributed by atoms with E-state index in [1.165, 1.54) is 12.1 Å². The normalized spacial score (nSPS) is 11.3. The van der Waals surface area contributed by atoms with Gasteiger partial charge in [-0.05, 0) is 24.3 Å². The summed E-state index contributed by atoms with van der Waals surface area (Å²) < 4.78 is 29.4. The Morgan fingerprint density at radius 2 is 2.00 bits per heavy atom. The number of nitrogens with one attached hydrogen (secondary N) is 1. The van der Waals surface area contributed by atoms with Crippen molar-refractivity contribution in [1.29, 1.82) is 0 Å². The lowest BCUT2D eigenvalue weighted by Crippen LogP contribution is -2.18.